The molecule has 2 aromatic rings. The SMILES string of the molecule is CCCCC1COC(C#Cc2ccc(-c3ccc(F)cc3)cc2)OC1. The van der Waals surface area contributed by atoms with Gasteiger partial charge in [0.25, 0.3) is 0 Å². The van der Waals surface area contributed by atoms with Crippen molar-refractivity contribution < 1.29 is 13.9 Å². The van der Waals surface area contributed by atoms with Crippen molar-refractivity contribution in [2.75, 3.05) is 13.2 Å². The van der Waals surface area contributed by atoms with Crippen LogP contribution in [0.25, 0.3) is 11.1 Å². The highest BCUT2D eigenvalue weighted by molar-refractivity contribution is 5.64. The van der Waals surface area contributed by atoms with E-state index in [0.29, 0.717) is 5.92 Å². The van der Waals surface area contributed by atoms with Crippen LogP contribution >= 0.6 is 0 Å². The standard InChI is InChI=1S/C22H23FO2/c1-2-3-4-18-15-24-22(25-16-18)14-7-17-5-8-19(9-6-17)20-10-12-21(23)13-11-20/h5-6,8-13,18,22H,2-4,15-16H2,1H3. The molecule has 1 heterocycles. The summed E-state index contributed by atoms with van der Waals surface area (Å²) in [6.45, 7) is 3.64. The quantitative estimate of drug-likeness (QED) is 0.729. The van der Waals surface area contributed by atoms with Gasteiger partial charge in [0, 0.05) is 11.5 Å². The van der Waals surface area contributed by atoms with Crippen molar-refractivity contribution in [1.82, 2.24) is 0 Å². The lowest BCUT2D eigenvalue weighted by Gasteiger charge is -2.26. The summed E-state index contributed by atoms with van der Waals surface area (Å²) in [5, 5.41) is 0. The summed E-state index contributed by atoms with van der Waals surface area (Å²) in [6.07, 6.45) is 3.14. The van der Waals surface area contributed by atoms with E-state index < -0.39 is 6.29 Å². The molecule has 1 aliphatic heterocycles. The highest BCUT2D eigenvalue weighted by Crippen LogP contribution is 2.20. The normalized spacial score (nSPS) is 19.9. The van der Waals surface area contributed by atoms with Crippen LogP contribution in [-0.4, -0.2) is 19.5 Å². The minimum Gasteiger partial charge on any atom is -0.342 e. The molecule has 0 bridgehead atoms. The molecule has 2 aromatic carbocycles. The van der Waals surface area contributed by atoms with Gasteiger partial charge < -0.3 is 9.47 Å². The van der Waals surface area contributed by atoms with Gasteiger partial charge in [0.05, 0.1) is 13.2 Å². The Kier molecular flexibility index (Phi) is 6.22. The lowest BCUT2D eigenvalue weighted by Crippen LogP contribution is -2.31. The maximum absolute atomic E-state index is 13.0. The fraction of sp³-hybridized carbons (Fsp3) is 0.364. The molecule has 0 aromatic heterocycles. The number of ether oxygens (including phenoxy) is 2. The van der Waals surface area contributed by atoms with E-state index in [9.17, 15) is 4.39 Å². The molecule has 0 saturated carbocycles. The largest absolute Gasteiger partial charge is 0.342 e. The maximum Gasteiger partial charge on any atom is 0.222 e. The first-order valence-electron chi connectivity index (χ1n) is 8.85. The van der Waals surface area contributed by atoms with Crippen molar-refractivity contribution in [3.8, 4) is 23.0 Å². The zero-order valence-electron chi connectivity index (χ0n) is 14.5. The zero-order valence-corrected chi connectivity index (χ0v) is 14.5. The Bertz CT molecular complexity index is 717. The zero-order chi connectivity index (χ0) is 17.5. The van der Waals surface area contributed by atoms with Gasteiger partial charge in [0.15, 0.2) is 0 Å². The number of hydrogen-bond donors (Lipinski definition) is 0. The van der Waals surface area contributed by atoms with E-state index in [-0.39, 0.29) is 5.82 Å². The second-order valence-corrected chi connectivity index (χ2v) is 6.36. The molecule has 0 unspecified atom stereocenters. The predicted molar refractivity (Wildman–Crippen MR) is 97.4 cm³/mol. The van der Waals surface area contributed by atoms with Gasteiger partial charge in [-0.25, -0.2) is 4.39 Å². The van der Waals surface area contributed by atoms with E-state index in [0.717, 1.165) is 36.3 Å². The monoisotopic (exact) mass is 338 g/mol. The predicted octanol–water partition coefficient (Wildman–Crippen LogP) is 5.02. The van der Waals surface area contributed by atoms with Crippen LogP contribution in [0.5, 0.6) is 0 Å². The van der Waals surface area contributed by atoms with E-state index in [1.807, 2.05) is 24.3 Å². The summed E-state index contributed by atoms with van der Waals surface area (Å²) >= 11 is 0. The molecule has 2 nitrogen and oxygen atoms in total. The van der Waals surface area contributed by atoms with Gasteiger partial charge in [-0.3, -0.25) is 0 Å². The third-order valence-corrected chi connectivity index (χ3v) is 4.33. The van der Waals surface area contributed by atoms with Gasteiger partial charge in [-0.2, -0.15) is 0 Å². The van der Waals surface area contributed by atoms with E-state index in [1.165, 1.54) is 25.0 Å². The fourth-order valence-corrected chi connectivity index (χ4v) is 2.82. The number of halogens is 1. The average molecular weight is 338 g/mol. The highest BCUT2D eigenvalue weighted by atomic mass is 19.1. The van der Waals surface area contributed by atoms with Crippen molar-refractivity contribution >= 4 is 0 Å². The Hall–Kier alpha value is -2.15. The lowest BCUT2D eigenvalue weighted by molar-refractivity contribution is -0.170. The molecule has 0 radical (unpaired) electrons. The fourth-order valence-electron chi connectivity index (χ4n) is 2.82. The Labute approximate surface area is 149 Å². The second kappa shape index (κ2) is 8.80. The van der Waals surface area contributed by atoms with Crippen LogP contribution in [0.2, 0.25) is 0 Å². The molecule has 1 aliphatic rings. The van der Waals surface area contributed by atoms with Crippen molar-refractivity contribution in [2.45, 2.75) is 32.5 Å². The third kappa shape index (κ3) is 5.16. The molecule has 1 fully saturated rings. The first-order chi connectivity index (χ1) is 12.2. The number of hydrogen-bond acceptors (Lipinski definition) is 2. The van der Waals surface area contributed by atoms with Crippen molar-refractivity contribution in [2.24, 2.45) is 5.92 Å². The molecule has 0 aliphatic carbocycles. The molecule has 0 N–H and O–H groups in total. The topological polar surface area (TPSA) is 18.5 Å². The molecule has 130 valence electrons. The van der Waals surface area contributed by atoms with Gasteiger partial charge in [0.2, 0.25) is 6.29 Å². The molecule has 25 heavy (non-hydrogen) atoms. The van der Waals surface area contributed by atoms with Crippen LogP contribution in [0.1, 0.15) is 31.7 Å². The average Bonchev–Trinajstić information content (AvgIpc) is 2.67. The first kappa shape index (κ1) is 17.7. The van der Waals surface area contributed by atoms with Crippen LogP contribution in [0.15, 0.2) is 48.5 Å². The Balaban J connectivity index is 1.56. The van der Waals surface area contributed by atoms with Crippen LogP contribution in [-0.2, 0) is 9.47 Å². The summed E-state index contributed by atoms with van der Waals surface area (Å²) in [5.41, 5.74) is 2.93. The summed E-state index contributed by atoms with van der Waals surface area (Å²) < 4.78 is 24.4. The van der Waals surface area contributed by atoms with E-state index in [2.05, 4.69) is 18.8 Å². The van der Waals surface area contributed by atoms with Gasteiger partial charge in [-0.15, -0.1) is 0 Å². The number of rotatable bonds is 4. The maximum atomic E-state index is 13.0. The van der Waals surface area contributed by atoms with Crippen LogP contribution in [0.3, 0.4) is 0 Å². The summed E-state index contributed by atoms with van der Waals surface area (Å²) in [7, 11) is 0. The van der Waals surface area contributed by atoms with Crippen molar-refractivity contribution in [3.63, 3.8) is 0 Å². The molecule has 0 amide bonds. The van der Waals surface area contributed by atoms with Gasteiger partial charge in [0.1, 0.15) is 5.82 Å². The molecule has 3 heteroatoms. The Morgan fingerprint density at radius 2 is 1.56 bits per heavy atom. The minimum atomic E-state index is -0.436. The van der Waals surface area contributed by atoms with E-state index in [4.69, 9.17) is 9.47 Å². The molecule has 0 atom stereocenters. The van der Waals surface area contributed by atoms with Crippen LogP contribution < -0.4 is 0 Å². The minimum absolute atomic E-state index is 0.226. The molecule has 3 rings (SSSR count). The molecular formula is C22H23FO2. The lowest BCUT2D eigenvalue weighted by atomic mass is 10.0. The first-order valence-corrected chi connectivity index (χ1v) is 8.85. The van der Waals surface area contributed by atoms with Crippen molar-refractivity contribution in [1.29, 1.82) is 0 Å². The summed E-state index contributed by atoms with van der Waals surface area (Å²) in [5.74, 6) is 6.40. The van der Waals surface area contributed by atoms with Crippen LogP contribution in [0.4, 0.5) is 4.39 Å². The van der Waals surface area contributed by atoms with Gasteiger partial charge >= 0.3 is 0 Å². The summed E-state index contributed by atoms with van der Waals surface area (Å²) in [6, 6.07) is 14.4. The van der Waals surface area contributed by atoms with Gasteiger partial charge in [-0.05, 0) is 47.7 Å². The van der Waals surface area contributed by atoms with Crippen LogP contribution in [0, 0.1) is 23.6 Å². The van der Waals surface area contributed by atoms with Gasteiger partial charge in [-0.1, -0.05) is 50.0 Å². The van der Waals surface area contributed by atoms with E-state index >= 15 is 0 Å². The highest BCUT2D eigenvalue weighted by Gasteiger charge is 2.20. The summed E-state index contributed by atoms with van der Waals surface area (Å²) in [4.78, 5) is 0. The van der Waals surface area contributed by atoms with E-state index in [1.54, 1.807) is 12.1 Å². The number of unbranched alkanes of at least 4 members (excludes halogenated alkanes) is 1. The third-order valence-electron chi connectivity index (χ3n) is 4.33. The smallest absolute Gasteiger partial charge is 0.222 e. The molecule has 1 saturated heterocycles. The van der Waals surface area contributed by atoms with Crippen molar-refractivity contribution in [3.05, 3.63) is 59.9 Å². The number of benzene rings is 2. The Morgan fingerprint density at radius 1 is 0.960 bits per heavy atom. The molecular weight excluding hydrogens is 315 g/mol. The molecule has 0 spiro atoms. The second-order valence-electron chi connectivity index (χ2n) is 6.36. The Morgan fingerprint density at radius 3 is 2.16 bits per heavy atom.